The predicted molar refractivity (Wildman–Crippen MR) is 42.8 cm³/mol. The zero-order chi connectivity index (χ0) is 11.6. The molecule has 0 aliphatic rings. The maximum Gasteiger partial charge on any atom is 0.367 e. The van der Waals surface area contributed by atoms with Gasteiger partial charge in [0, 0.05) is 0 Å². The van der Waals surface area contributed by atoms with Crippen LogP contribution in [0.2, 0.25) is 0 Å². The van der Waals surface area contributed by atoms with Crippen LogP contribution in [0.4, 0.5) is 0 Å². The highest BCUT2D eigenvalue weighted by atomic mass is 16.9. The summed E-state index contributed by atoms with van der Waals surface area (Å²) in [5.74, 6) is -3.10. The van der Waals surface area contributed by atoms with Crippen molar-refractivity contribution < 1.29 is 20.2 Å². The molecule has 5 N–H and O–H groups in total. The molecule has 0 unspecified atom stereocenters. The molecule has 0 saturated heterocycles. The molecule has 0 saturated carbocycles. The summed E-state index contributed by atoms with van der Waals surface area (Å²) in [6.45, 7) is -1.28. The molecule has 10 heteroatoms. The first-order valence-corrected chi connectivity index (χ1v) is 3.56. The lowest BCUT2D eigenvalue weighted by molar-refractivity contribution is -0.352. The van der Waals surface area contributed by atoms with Crippen molar-refractivity contribution in [3.63, 3.8) is 0 Å². The topological polar surface area (TPSA) is 158 Å². The molecule has 0 aliphatic heterocycles. The van der Waals surface area contributed by atoms with Crippen molar-refractivity contribution in [1.29, 1.82) is 0 Å². The smallest absolute Gasteiger partial charge is 0.367 e. The number of hydrogen-bond donors (Lipinski definition) is 5. The van der Waals surface area contributed by atoms with Gasteiger partial charge in [-0.1, -0.05) is 4.73 Å². The molecule has 0 aliphatic carbocycles. The van der Waals surface area contributed by atoms with Gasteiger partial charge in [0.05, 0.1) is 0 Å². The lowest BCUT2D eigenvalue weighted by Gasteiger charge is -2.18. The Morgan fingerprint density at radius 3 is 2.07 bits per heavy atom. The molecule has 0 atom stereocenters. The monoisotopic (exact) mass is 221 g/mol. The molecule has 1 rings (SSSR count). The molecule has 1 aromatic rings. The number of aromatic nitrogens is 3. The number of nitrogens with zero attached hydrogens (tertiary/aromatic N) is 1. The summed E-state index contributed by atoms with van der Waals surface area (Å²) in [6.07, 6.45) is 0. The van der Waals surface area contributed by atoms with E-state index in [1.807, 2.05) is 0 Å². The van der Waals surface area contributed by atoms with Crippen LogP contribution in [0, 0.1) is 0 Å². The second-order valence-electron chi connectivity index (χ2n) is 2.48. The molecule has 1 heterocycles. The third-order valence-electron chi connectivity index (χ3n) is 1.25. The van der Waals surface area contributed by atoms with Gasteiger partial charge in [-0.05, 0) is 0 Å². The molecular weight excluding hydrogens is 214 g/mol. The molecule has 1 aromatic heterocycles. The van der Waals surface area contributed by atoms with E-state index in [9.17, 15) is 14.4 Å². The van der Waals surface area contributed by atoms with Crippen LogP contribution >= 0.6 is 0 Å². The highest BCUT2D eigenvalue weighted by Gasteiger charge is 2.26. The minimum absolute atomic E-state index is 0.155. The Morgan fingerprint density at radius 1 is 1.20 bits per heavy atom. The van der Waals surface area contributed by atoms with E-state index in [4.69, 9.17) is 15.3 Å². The maximum absolute atomic E-state index is 10.9. The van der Waals surface area contributed by atoms with Crippen LogP contribution in [0.3, 0.4) is 0 Å². The fraction of sp³-hybridized carbons (Fsp3) is 0.400. The quantitative estimate of drug-likeness (QED) is 0.320. The van der Waals surface area contributed by atoms with E-state index in [1.54, 1.807) is 9.97 Å². The van der Waals surface area contributed by atoms with Gasteiger partial charge in [0.2, 0.25) is 0 Å². The van der Waals surface area contributed by atoms with Crippen molar-refractivity contribution in [1.82, 2.24) is 14.7 Å². The average Bonchev–Trinajstić information content (AvgIpc) is 2.11. The molecule has 84 valence electrons. The third kappa shape index (κ3) is 2.52. The van der Waals surface area contributed by atoms with Crippen molar-refractivity contribution >= 4 is 0 Å². The van der Waals surface area contributed by atoms with Gasteiger partial charge in [0.15, 0.2) is 0 Å². The molecule has 0 fully saturated rings. The Morgan fingerprint density at radius 2 is 1.67 bits per heavy atom. The van der Waals surface area contributed by atoms with E-state index >= 15 is 0 Å². The Bertz CT molecular complexity index is 474. The summed E-state index contributed by atoms with van der Waals surface area (Å²) in [6, 6.07) is 0. The number of H-pyrrole nitrogens is 2. The van der Waals surface area contributed by atoms with Gasteiger partial charge < -0.3 is 20.2 Å². The van der Waals surface area contributed by atoms with Crippen molar-refractivity contribution in [2.45, 2.75) is 5.97 Å². The first-order chi connectivity index (χ1) is 6.85. The summed E-state index contributed by atoms with van der Waals surface area (Å²) >= 11 is 0. The summed E-state index contributed by atoms with van der Waals surface area (Å²) in [5.41, 5.74) is -3.70. The van der Waals surface area contributed by atoms with Gasteiger partial charge in [-0.2, -0.15) is 0 Å². The van der Waals surface area contributed by atoms with E-state index in [0.29, 0.717) is 0 Å². The summed E-state index contributed by atoms with van der Waals surface area (Å²) in [5, 5.41) is 25.9. The summed E-state index contributed by atoms with van der Waals surface area (Å²) in [4.78, 5) is 39.6. The van der Waals surface area contributed by atoms with Crippen LogP contribution in [0.5, 0.6) is 0 Å². The van der Waals surface area contributed by atoms with E-state index in [1.165, 1.54) is 0 Å². The van der Waals surface area contributed by atoms with Crippen LogP contribution in [0.15, 0.2) is 14.4 Å². The molecular formula is C5H7N3O7. The van der Waals surface area contributed by atoms with Crippen molar-refractivity contribution in [3.05, 3.63) is 31.5 Å². The number of nitrogens with one attached hydrogen (secondary N) is 2. The number of aliphatic hydroxyl groups excluding tert-OH is 1. The molecule has 0 amide bonds. The maximum atomic E-state index is 10.9. The second-order valence-corrected chi connectivity index (χ2v) is 2.48. The van der Waals surface area contributed by atoms with E-state index < -0.39 is 29.6 Å². The lowest BCUT2D eigenvalue weighted by Crippen LogP contribution is -2.54. The molecule has 0 spiro atoms. The number of aromatic amines is 2. The molecule has 15 heavy (non-hydrogen) atoms. The Labute approximate surface area is 80.0 Å². The largest absolute Gasteiger partial charge is 0.387 e. The van der Waals surface area contributed by atoms with Crippen molar-refractivity contribution in [3.8, 4) is 0 Å². The zero-order valence-corrected chi connectivity index (χ0v) is 7.13. The summed E-state index contributed by atoms with van der Waals surface area (Å²) < 4.78 is -0.155. The highest BCUT2D eigenvalue weighted by Crippen LogP contribution is 1.91. The minimum atomic E-state index is -3.10. The Hall–Kier alpha value is -1.91. The van der Waals surface area contributed by atoms with Crippen LogP contribution in [0.1, 0.15) is 0 Å². The van der Waals surface area contributed by atoms with Gasteiger partial charge in [0.25, 0.3) is 0 Å². The van der Waals surface area contributed by atoms with Crippen molar-refractivity contribution in [2.75, 3.05) is 6.61 Å². The zero-order valence-electron chi connectivity index (χ0n) is 7.13. The normalized spacial score (nSPS) is 11.4. The van der Waals surface area contributed by atoms with Crippen LogP contribution in [0.25, 0.3) is 0 Å². The van der Waals surface area contributed by atoms with Crippen LogP contribution in [-0.4, -0.2) is 42.6 Å². The number of hydrogen-bond acceptors (Lipinski definition) is 7. The number of aliphatic hydroxyl groups is 3. The molecule has 0 aromatic carbocycles. The van der Waals surface area contributed by atoms with E-state index in [-0.39, 0.29) is 4.73 Å². The minimum Gasteiger partial charge on any atom is -0.387 e. The standard InChI is InChI=1S/C5H7N3O7/c9-1-5(13,14)15-8-3(11)6-2(10)7-4(8)12/h9,13-14H,1H2,(H2,6,7,10,11,12). The fourth-order valence-electron chi connectivity index (χ4n) is 0.677. The van der Waals surface area contributed by atoms with Gasteiger partial charge >= 0.3 is 23.0 Å². The van der Waals surface area contributed by atoms with E-state index in [2.05, 4.69) is 4.84 Å². The summed E-state index contributed by atoms with van der Waals surface area (Å²) in [7, 11) is 0. The highest BCUT2D eigenvalue weighted by molar-refractivity contribution is 4.65. The molecule has 0 radical (unpaired) electrons. The SMILES string of the molecule is O=c1[nH]c(=O)n(OC(O)(O)CO)c(=O)[nH]1. The van der Waals surface area contributed by atoms with Crippen molar-refractivity contribution in [2.24, 2.45) is 0 Å². The fourth-order valence-corrected chi connectivity index (χ4v) is 0.677. The average molecular weight is 221 g/mol. The van der Waals surface area contributed by atoms with Gasteiger partial charge in [0.1, 0.15) is 6.61 Å². The van der Waals surface area contributed by atoms with Crippen LogP contribution < -0.4 is 21.9 Å². The van der Waals surface area contributed by atoms with Gasteiger partial charge in [-0.3, -0.25) is 9.97 Å². The van der Waals surface area contributed by atoms with Crippen LogP contribution in [-0.2, 0) is 0 Å². The first kappa shape index (κ1) is 11.2. The third-order valence-corrected chi connectivity index (χ3v) is 1.25. The predicted octanol–water partition coefficient (Wildman–Crippen LogP) is -4.72. The number of rotatable bonds is 3. The molecule has 10 nitrogen and oxygen atoms in total. The van der Waals surface area contributed by atoms with Gasteiger partial charge in [-0.25, -0.2) is 14.4 Å². The van der Waals surface area contributed by atoms with Gasteiger partial charge in [-0.15, -0.1) is 0 Å². The molecule has 0 bridgehead atoms. The Kier molecular flexibility index (Phi) is 2.74. The van der Waals surface area contributed by atoms with E-state index in [0.717, 1.165) is 0 Å². The first-order valence-electron chi connectivity index (χ1n) is 3.56. The lowest BCUT2D eigenvalue weighted by atomic mass is 10.6. The Balaban J connectivity index is 3.23. The second kappa shape index (κ2) is 3.68.